The van der Waals surface area contributed by atoms with E-state index in [4.69, 9.17) is 8.83 Å². The minimum atomic E-state index is -3.70. The maximum atomic E-state index is 12.6. The van der Waals surface area contributed by atoms with Crippen LogP contribution in [0.2, 0.25) is 0 Å². The van der Waals surface area contributed by atoms with E-state index in [-0.39, 0.29) is 11.4 Å². The first-order chi connectivity index (χ1) is 10.4. The van der Waals surface area contributed by atoms with Crippen LogP contribution in [0.3, 0.4) is 0 Å². The standard InChI is InChI=1S/C14H14N2O5S/c1-15(9-10-4-3-7-20-10)22(18,19)11-5-6-13-12(8-11)16(2)14(17)21-13/h3-8H,9H2,1-2H3. The van der Waals surface area contributed by atoms with Gasteiger partial charge in [-0.05, 0) is 30.3 Å². The third-order valence-electron chi connectivity index (χ3n) is 3.43. The number of benzene rings is 1. The molecule has 0 radical (unpaired) electrons. The molecule has 8 heteroatoms. The molecular formula is C14H14N2O5S. The quantitative estimate of drug-likeness (QED) is 0.727. The van der Waals surface area contributed by atoms with Crippen LogP contribution >= 0.6 is 0 Å². The highest BCUT2D eigenvalue weighted by molar-refractivity contribution is 7.89. The second-order valence-electron chi connectivity index (χ2n) is 4.90. The highest BCUT2D eigenvalue weighted by Gasteiger charge is 2.23. The Morgan fingerprint density at radius 2 is 2.05 bits per heavy atom. The number of hydrogen-bond donors (Lipinski definition) is 0. The van der Waals surface area contributed by atoms with Gasteiger partial charge >= 0.3 is 5.76 Å². The summed E-state index contributed by atoms with van der Waals surface area (Å²) in [4.78, 5) is 11.6. The van der Waals surface area contributed by atoms with Gasteiger partial charge in [0.15, 0.2) is 5.58 Å². The molecule has 0 aliphatic carbocycles. The van der Waals surface area contributed by atoms with Crippen molar-refractivity contribution in [1.82, 2.24) is 8.87 Å². The van der Waals surface area contributed by atoms with E-state index >= 15 is 0 Å². The lowest BCUT2D eigenvalue weighted by atomic mass is 10.3. The molecule has 0 aliphatic rings. The summed E-state index contributed by atoms with van der Waals surface area (Å²) in [5.74, 6) is 0.0105. The summed E-state index contributed by atoms with van der Waals surface area (Å²) in [6.45, 7) is 0.123. The van der Waals surface area contributed by atoms with Gasteiger partial charge in [-0.15, -0.1) is 0 Å². The van der Waals surface area contributed by atoms with E-state index in [9.17, 15) is 13.2 Å². The van der Waals surface area contributed by atoms with Crippen molar-refractivity contribution in [3.05, 3.63) is 52.9 Å². The van der Waals surface area contributed by atoms with Gasteiger partial charge in [0, 0.05) is 14.1 Å². The highest BCUT2D eigenvalue weighted by atomic mass is 32.2. The van der Waals surface area contributed by atoms with E-state index in [1.807, 2.05) is 0 Å². The second kappa shape index (κ2) is 5.15. The minimum absolute atomic E-state index is 0.0884. The van der Waals surface area contributed by atoms with Gasteiger partial charge in [0.2, 0.25) is 10.0 Å². The first-order valence-electron chi connectivity index (χ1n) is 6.48. The van der Waals surface area contributed by atoms with Crippen LogP contribution < -0.4 is 5.76 Å². The first kappa shape index (κ1) is 14.6. The molecule has 7 nitrogen and oxygen atoms in total. The number of fused-ring (bicyclic) bond motifs is 1. The molecule has 1 aromatic carbocycles. The van der Waals surface area contributed by atoms with Crippen LogP contribution in [-0.4, -0.2) is 24.3 Å². The summed E-state index contributed by atoms with van der Waals surface area (Å²) < 4.78 is 37.8. The lowest BCUT2D eigenvalue weighted by Gasteiger charge is -2.15. The Balaban J connectivity index is 2.01. The van der Waals surface area contributed by atoms with Crippen molar-refractivity contribution in [2.75, 3.05) is 7.05 Å². The molecule has 0 atom stereocenters. The average Bonchev–Trinajstić information content (AvgIpc) is 3.08. The Kier molecular flexibility index (Phi) is 3.42. The van der Waals surface area contributed by atoms with E-state index in [2.05, 4.69) is 0 Å². The maximum Gasteiger partial charge on any atom is 0.419 e. The molecule has 3 aromatic rings. The lowest BCUT2D eigenvalue weighted by molar-refractivity contribution is 0.406. The van der Waals surface area contributed by atoms with Gasteiger partial charge in [0.1, 0.15) is 5.76 Å². The average molecular weight is 322 g/mol. The summed E-state index contributed by atoms with van der Waals surface area (Å²) >= 11 is 0. The molecule has 0 amide bonds. The molecule has 2 heterocycles. The van der Waals surface area contributed by atoms with Crippen molar-refractivity contribution in [1.29, 1.82) is 0 Å². The molecule has 3 rings (SSSR count). The predicted molar refractivity (Wildman–Crippen MR) is 78.8 cm³/mol. The van der Waals surface area contributed by atoms with Gasteiger partial charge in [0.25, 0.3) is 0 Å². The van der Waals surface area contributed by atoms with Crippen molar-refractivity contribution >= 4 is 21.1 Å². The van der Waals surface area contributed by atoms with E-state index in [1.165, 1.54) is 47.4 Å². The Hall–Kier alpha value is -2.32. The molecule has 0 saturated carbocycles. The van der Waals surface area contributed by atoms with Gasteiger partial charge in [0.05, 0.1) is 23.2 Å². The fourth-order valence-corrected chi connectivity index (χ4v) is 3.31. The Bertz CT molecular complexity index is 966. The lowest BCUT2D eigenvalue weighted by Crippen LogP contribution is -2.26. The van der Waals surface area contributed by atoms with E-state index in [0.717, 1.165) is 0 Å². The molecule has 0 spiro atoms. The summed E-state index contributed by atoms with van der Waals surface area (Å²) in [5.41, 5.74) is 0.776. The molecule has 22 heavy (non-hydrogen) atoms. The zero-order valence-corrected chi connectivity index (χ0v) is 12.8. The van der Waals surface area contributed by atoms with Gasteiger partial charge in [-0.3, -0.25) is 4.57 Å². The fraction of sp³-hybridized carbons (Fsp3) is 0.214. The van der Waals surface area contributed by atoms with E-state index in [1.54, 1.807) is 12.1 Å². The van der Waals surface area contributed by atoms with Crippen LogP contribution in [0.5, 0.6) is 0 Å². The van der Waals surface area contributed by atoms with Crippen molar-refractivity contribution < 1.29 is 17.3 Å². The largest absolute Gasteiger partial charge is 0.468 e. The zero-order valence-electron chi connectivity index (χ0n) is 12.0. The number of aryl methyl sites for hydroxylation is 1. The Morgan fingerprint density at radius 1 is 1.27 bits per heavy atom. The number of furan rings is 1. The molecule has 0 N–H and O–H groups in total. The fourth-order valence-electron chi connectivity index (χ4n) is 2.15. The predicted octanol–water partition coefficient (Wildman–Crippen LogP) is 1.55. The molecule has 0 unspecified atom stereocenters. The van der Waals surface area contributed by atoms with Crippen molar-refractivity contribution in [2.24, 2.45) is 7.05 Å². The van der Waals surface area contributed by atoms with Crippen molar-refractivity contribution in [2.45, 2.75) is 11.4 Å². The third kappa shape index (κ3) is 2.36. The van der Waals surface area contributed by atoms with Crippen molar-refractivity contribution in [3.8, 4) is 0 Å². The van der Waals surface area contributed by atoms with Gasteiger partial charge < -0.3 is 8.83 Å². The molecule has 0 saturated heterocycles. The van der Waals surface area contributed by atoms with Gasteiger partial charge in [-0.2, -0.15) is 4.31 Å². The second-order valence-corrected chi connectivity index (χ2v) is 6.94. The van der Waals surface area contributed by atoms with Crippen LogP contribution in [-0.2, 0) is 23.6 Å². The number of hydrogen-bond acceptors (Lipinski definition) is 5. The van der Waals surface area contributed by atoms with E-state index in [0.29, 0.717) is 16.9 Å². The molecule has 0 bridgehead atoms. The summed E-state index contributed by atoms with van der Waals surface area (Å²) in [6.07, 6.45) is 1.49. The summed E-state index contributed by atoms with van der Waals surface area (Å²) in [6, 6.07) is 7.72. The van der Waals surface area contributed by atoms with Crippen LogP contribution in [0.25, 0.3) is 11.1 Å². The number of sulfonamides is 1. The molecule has 0 fully saturated rings. The number of rotatable bonds is 4. The normalized spacial score (nSPS) is 12.3. The van der Waals surface area contributed by atoms with Crippen LogP contribution in [0, 0.1) is 0 Å². The van der Waals surface area contributed by atoms with Crippen LogP contribution in [0.15, 0.2) is 55.1 Å². The van der Waals surface area contributed by atoms with Crippen LogP contribution in [0.4, 0.5) is 0 Å². The summed E-state index contributed by atoms with van der Waals surface area (Å²) in [7, 11) is -0.704. The number of aromatic nitrogens is 1. The molecular weight excluding hydrogens is 308 g/mol. The summed E-state index contributed by atoms with van der Waals surface area (Å²) in [5, 5.41) is 0. The number of oxazole rings is 1. The Labute approximate surface area is 126 Å². The van der Waals surface area contributed by atoms with Crippen LogP contribution in [0.1, 0.15) is 5.76 Å². The van der Waals surface area contributed by atoms with Crippen molar-refractivity contribution in [3.63, 3.8) is 0 Å². The van der Waals surface area contributed by atoms with Gasteiger partial charge in [-0.1, -0.05) is 0 Å². The SMILES string of the molecule is CN(Cc1ccco1)S(=O)(=O)c1ccc2oc(=O)n(C)c2c1. The molecule has 116 valence electrons. The highest BCUT2D eigenvalue weighted by Crippen LogP contribution is 2.21. The molecule has 0 aliphatic heterocycles. The monoisotopic (exact) mass is 322 g/mol. The smallest absolute Gasteiger partial charge is 0.419 e. The first-order valence-corrected chi connectivity index (χ1v) is 7.92. The third-order valence-corrected chi connectivity index (χ3v) is 5.23. The van der Waals surface area contributed by atoms with Gasteiger partial charge in [-0.25, -0.2) is 13.2 Å². The topological polar surface area (TPSA) is 85.7 Å². The maximum absolute atomic E-state index is 12.6. The Morgan fingerprint density at radius 3 is 2.73 bits per heavy atom. The minimum Gasteiger partial charge on any atom is -0.468 e. The molecule has 2 aromatic heterocycles. The zero-order chi connectivity index (χ0) is 15.9. The number of nitrogens with zero attached hydrogens (tertiary/aromatic N) is 2. The van der Waals surface area contributed by atoms with E-state index < -0.39 is 15.8 Å².